The molecule has 0 spiro atoms. The van der Waals surface area contributed by atoms with E-state index in [1.54, 1.807) is 0 Å². The van der Waals surface area contributed by atoms with E-state index in [9.17, 15) is 5.11 Å². The SMILES string of the molecule is C=C(C)C[C@H]1C2CCC3C(CC[C@@]4(C)C3CC[C@@H]4[C@H](C)CCCC(C)C)[C@@]2(C)CC[C@H]1O. The molecule has 0 aromatic heterocycles. The number of rotatable bonds is 7. The molecule has 184 valence electrons. The van der Waals surface area contributed by atoms with E-state index in [1.807, 2.05) is 0 Å². The minimum Gasteiger partial charge on any atom is -0.393 e. The molecule has 0 radical (unpaired) electrons. The van der Waals surface area contributed by atoms with Crippen LogP contribution in [0.15, 0.2) is 12.2 Å². The van der Waals surface area contributed by atoms with E-state index in [0.717, 1.165) is 48.3 Å². The molecule has 1 nitrogen and oxygen atoms in total. The zero-order valence-corrected chi connectivity index (χ0v) is 22.3. The monoisotopic (exact) mass is 442 g/mol. The molecule has 4 aliphatic rings. The summed E-state index contributed by atoms with van der Waals surface area (Å²) in [6.45, 7) is 19.1. The van der Waals surface area contributed by atoms with Crippen molar-refractivity contribution in [2.45, 2.75) is 125 Å². The second kappa shape index (κ2) is 9.39. The average molecular weight is 443 g/mol. The Labute approximate surface area is 200 Å². The fraction of sp³-hybridized carbons (Fsp3) is 0.935. The summed E-state index contributed by atoms with van der Waals surface area (Å²) in [6, 6.07) is 0. The number of hydrogen-bond donors (Lipinski definition) is 1. The topological polar surface area (TPSA) is 20.2 Å². The van der Waals surface area contributed by atoms with Gasteiger partial charge < -0.3 is 5.11 Å². The molecule has 0 aromatic carbocycles. The van der Waals surface area contributed by atoms with E-state index in [-0.39, 0.29) is 6.10 Å². The molecule has 32 heavy (non-hydrogen) atoms. The van der Waals surface area contributed by atoms with E-state index in [0.29, 0.717) is 22.7 Å². The van der Waals surface area contributed by atoms with Gasteiger partial charge in [0.2, 0.25) is 0 Å². The van der Waals surface area contributed by atoms with Crippen molar-refractivity contribution in [2.24, 2.45) is 58.2 Å². The number of aliphatic hydroxyl groups is 1. The molecule has 0 bridgehead atoms. The molecule has 1 N–H and O–H groups in total. The average Bonchev–Trinajstić information content (AvgIpc) is 3.07. The number of hydrogen-bond acceptors (Lipinski definition) is 1. The lowest BCUT2D eigenvalue weighted by Gasteiger charge is -2.63. The van der Waals surface area contributed by atoms with Gasteiger partial charge in [0.15, 0.2) is 0 Å². The molecule has 4 fully saturated rings. The normalized spacial score (nSPS) is 46.9. The molecule has 0 aromatic rings. The molecule has 4 aliphatic carbocycles. The molecule has 4 saturated carbocycles. The summed E-state index contributed by atoms with van der Waals surface area (Å²) in [7, 11) is 0. The highest BCUT2D eigenvalue weighted by atomic mass is 16.3. The molecule has 0 amide bonds. The Hall–Kier alpha value is -0.300. The van der Waals surface area contributed by atoms with Gasteiger partial charge in [-0.3, -0.25) is 0 Å². The van der Waals surface area contributed by atoms with Gasteiger partial charge in [0.05, 0.1) is 6.10 Å². The molecule has 0 saturated heterocycles. The molecule has 0 aliphatic heterocycles. The summed E-state index contributed by atoms with van der Waals surface area (Å²) < 4.78 is 0. The predicted octanol–water partition coefficient (Wildman–Crippen LogP) is 8.66. The molecular formula is C31H54O. The van der Waals surface area contributed by atoms with Crippen LogP contribution in [-0.2, 0) is 0 Å². The fourth-order valence-corrected chi connectivity index (χ4v) is 10.2. The van der Waals surface area contributed by atoms with Crippen LogP contribution in [0.3, 0.4) is 0 Å². The van der Waals surface area contributed by atoms with Crippen molar-refractivity contribution in [3.05, 3.63) is 12.2 Å². The molecule has 4 rings (SSSR count). The lowest BCUT2D eigenvalue weighted by Crippen LogP contribution is -2.56. The van der Waals surface area contributed by atoms with Crippen LogP contribution < -0.4 is 0 Å². The third kappa shape index (κ3) is 4.27. The van der Waals surface area contributed by atoms with Gasteiger partial charge >= 0.3 is 0 Å². The van der Waals surface area contributed by atoms with E-state index in [1.165, 1.54) is 69.8 Å². The molecule has 10 atom stereocenters. The highest BCUT2D eigenvalue weighted by molar-refractivity contribution is 5.12. The van der Waals surface area contributed by atoms with Crippen LogP contribution in [0.2, 0.25) is 0 Å². The van der Waals surface area contributed by atoms with Crippen molar-refractivity contribution in [3.8, 4) is 0 Å². The minimum absolute atomic E-state index is 0.0993. The Kier molecular flexibility index (Phi) is 7.28. The third-order valence-corrected chi connectivity index (χ3v) is 11.7. The first-order valence-electron chi connectivity index (χ1n) is 14.4. The van der Waals surface area contributed by atoms with Gasteiger partial charge in [-0.25, -0.2) is 0 Å². The standard InChI is InChI=1S/C31H54O/c1-20(2)9-8-10-22(5)25-13-14-26-23-11-12-27-24(19-21(3)4)29(32)16-18-31(27,7)28(23)15-17-30(25,26)6/h20,22-29,32H,3,8-19H2,1-2,4-7H3/t22-,23?,24+,25-,26?,27?,28?,29-,30-,31+/m1/s1. The quantitative estimate of drug-likeness (QED) is 0.391. The van der Waals surface area contributed by atoms with E-state index in [4.69, 9.17) is 0 Å². The maximum Gasteiger partial charge on any atom is 0.0574 e. The van der Waals surface area contributed by atoms with Gasteiger partial charge in [0.1, 0.15) is 0 Å². The van der Waals surface area contributed by atoms with Gasteiger partial charge in [0, 0.05) is 0 Å². The first-order valence-corrected chi connectivity index (χ1v) is 14.4. The van der Waals surface area contributed by atoms with Crippen molar-refractivity contribution in [1.29, 1.82) is 0 Å². The van der Waals surface area contributed by atoms with E-state index < -0.39 is 0 Å². The second-order valence-electron chi connectivity index (χ2n) is 14.0. The van der Waals surface area contributed by atoms with Gasteiger partial charge in [-0.1, -0.05) is 59.5 Å². The Morgan fingerprint density at radius 3 is 2.22 bits per heavy atom. The van der Waals surface area contributed by atoms with Gasteiger partial charge in [0.25, 0.3) is 0 Å². The Morgan fingerprint density at radius 2 is 1.53 bits per heavy atom. The van der Waals surface area contributed by atoms with Crippen molar-refractivity contribution in [3.63, 3.8) is 0 Å². The minimum atomic E-state index is -0.0993. The highest BCUT2D eigenvalue weighted by Gasteiger charge is 2.61. The summed E-state index contributed by atoms with van der Waals surface area (Å²) in [5.41, 5.74) is 2.30. The van der Waals surface area contributed by atoms with Crippen molar-refractivity contribution < 1.29 is 5.11 Å². The van der Waals surface area contributed by atoms with Crippen LogP contribution in [0.4, 0.5) is 0 Å². The number of allylic oxidation sites excluding steroid dienone is 1. The Morgan fingerprint density at radius 1 is 0.875 bits per heavy atom. The van der Waals surface area contributed by atoms with Crippen LogP contribution in [0.1, 0.15) is 119 Å². The number of fused-ring (bicyclic) bond motifs is 5. The summed E-state index contributed by atoms with van der Waals surface area (Å²) >= 11 is 0. The molecular weight excluding hydrogens is 388 g/mol. The smallest absolute Gasteiger partial charge is 0.0574 e. The summed E-state index contributed by atoms with van der Waals surface area (Å²) in [5, 5.41) is 10.9. The van der Waals surface area contributed by atoms with Crippen LogP contribution in [0.5, 0.6) is 0 Å². The van der Waals surface area contributed by atoms with Gasteiger partial charge in [-0.15, -0.1) is 6.58 Å². The molecule has 4 unspecified atom stereocenters. The lowest BCUT2D eigenvalue weighted by molar-refractivity contribution is -0.152. The zero-order chi connectivity index (χ0) is 23.3. The van der Waals surface area contributed by atoms with Crippen molar-refractivity contribution in [2.75, 3.05) is 0 Å². The highest BCUT2D eigenvalue weighted by Crippen LogP contribution is 2.69. The largest absolute Gasteiger partial charge is 0.393 e. The Balaban J connectivity index is 1.49. The third-order valence-electron chi connectivity index (χ3n) is 11.7. The fourth-order valence-electron chi connectivity index (χ4n) is 10.2. The summed E-state index contributed by atoms with van der Waals surface area (Å²) in [6.07, 6.45) is 16.2. The van der Waals surface area contributed by atoms with Crippen molar-refractivity contribution in [1.82, 2.24) is 0 Å². The first kappa shape index (κ1) is 24.8. The van der Waals surface area contributed by atoms with E-state index in [2.05, 4.69) is 48.1 Å². The van der Waals surface area contributed by atoms with Crippen LogP contribution in [0, 0.1) is 58.2 Å². The van der Waals surface area contributed by atoms with Gasteiger partial charge in [-0.2, -0.15) is 0 Å². The van der Waals surface area contributed by atoms with Crippen molar-refractivity contribution >= 4 is 0 Å². The van der Waals surface area contributed by atoms with E-state index >= 15 is 0 Å². The predicted molar refractivity (Wildman–Crippen MR) is 137 cm³/mol. The first-order chi connectivity index (χ1) is 15.1. The Bertz CT molecular complexity index is 665. The number of aliphatic hydroxyl groups excluding tert-OH is 1. The lowest BCUT2D eigenvalue weighted by atomic mass is 9.42. The zero-order valence-electron chi connectivity index (χ0n) is 22.3. The second-order valence-corrected chi connectivity index (χ2v) is 14.0. The maximum absolute atomic E-state index is 10.9. The summed E-state index contributed by atoms with van der Waals surface area (Å²) in [5.74, 6) is 6.68. The molecule has 1 heteroatoms. The van der Waals surface area contributed by atoms with Gasteiger partial charge in [-0.05, 0) is 123 Å². The van der Waals surface area contributed by atoms with Crippen LogP contribution >= 0.6 is 0 Å². The van der Waals surface area contributed by atoms with Crippen LogP contribution in [-0.4, -0.2) is 11.2 Å². The van der Waals surface area contributed by atoms with Crippen LogP contribution in [0.25, 0.3) is 0 Å². The summed E-state index contributed by atoms with van der Waals surface area (Å²) in [4.78, 5) is 0. The maximum atomic E-state index is 10.9. The molecule has 0 heterocycles.